The number of esters is 1. The fourth-order valence-electron chi connectivity index (χ4n) is 2.74. The van der Waals surface area contributed by atoms with Gasteiger partial charge < -0.3 is 14.5 Å². The molecule has 0 unspecified atom stereocenters. The van der Waals surface area contributed by atoms with E-state index < -0.39 is 5.97 Å². The largest absolute Gasteiger partial charge is 0.457 e. The molecule has 2 aromatic rings. The smallest absolute Gasteiger partial charge is 0.374 e. The summed E-state index contributed by atoms with van der Waals surface area (Å²) in [5, 5.41) is 2.93. The number of nitrogens with one attached hydrogen (secondary N) is 1. The lowest BCUT2D eigenvalue weighted by molar-refractivity contribution is -0.125. The molecule has 114 valence electrons. The lowest BCUT2D eigenvalue weighted by atomic mass is 9.88. The Bertz CT molecular complexity index is 663. The number of carbonyl (C=O) groups is 2. The maximum absolute atomic E-state index is 12.0. The normalized spacial score (nSPS) is 16.6. The fourth-order valence-corrected chi connectivity index (χ4v) is 2.74. The third-order valence-corrected chi connectivity index (χ3v) is 3.76. The molecule has 1 amide bonds. The van der Waals surface area contributed by atoms with Gasteiger partial charge in [0.1, 0.15) is 0 Å². The first-order chi connectivity index (χ1) is 10.7. The van der Waals surface area contributed by atoms with E-state index in [1.165, 1.54) is 17.9 Å². The van der Waals surface area contributed by atoms with Crippen LogP contribution in [-0.4, -0.2) is 18.5 Å². The first-order valence-electron chi connectivity index (χ1n) is 7.32. The van der Waals surface area contributed by atoms with Crippen LogP contribution in [0.2, 0.25) is 0 Å². The molecular weight excluding hydrogens is 282 g/mol. The summed E-state index contributed by atoms with van der Waals surface area (Å²) in [6.45, 7) is -0.307. The molecule has 1 N–H and O–H groups in total. The average Bonchev–Trinajstić information content (AvgIpc) is 3.07. The molecular formula is C17H17NO4. The molecule has 1 aliphatic rings. The molecule has 0 saturated carbocycles. The third kappa shape index (κ3) is 3.19. The minimum Gasteiger partial charge on any atom is -0.457 e. The standard InChI is InChI=1S/C17H17NO4/c19-16(11-22-17(20)15-9-4-10-21-15)18-14-8-3-6-12-5-1-2-7-13(12)14/h1-2,4-5,7,9-10,14H,3,6,8,11H2,(H,18,19)/t14-/m0/s1. The molecule has 1 heterocycles. The second kappa shape index (κ2) is 6.47. The Morgan fingerprint density at radius 2 is 2.09 bits per heavy atom. The van der Waals surface area contributed by atoms with Gasteiger partial charge in [-0.2, -0.15) is 0 Å². The van der Waals surface area contributed by atoms with Gasteiger partial charge in [-0.3, -0.25) is 4.79 Å². The Kier molecular flexibility index (Phi) is 4.23. The van der Waals surface area contributed by atoms with Crippen molar-refractivity contribution in [2.24, 2.45) is 0 Å². The Hall–Kier alpha value is -2.56. The Balaban J connectivity index is 1.55. The van der Waals surface area contributed by atoms with Crippen molar-refractivity contribution in [3.63, 3.8) is 0 Å². The second-order valence-electron chi connectivity index (χ2n) is 5.26. The van der Waals surface area contributed by atoms with Crippen LogP contribution in [0.5, 0.6) is 0 Å². The van der Waals surface area contributed by atoms with E-state index in [1.807, 2.05) is 18.2 Å². The van der Waals surface area contributed by atoms with Crippen LogP contribution in [0.15, 0.2) is 47.1 Å². The molecule has 0 radical (unpaired) electrons. The van der Waals surface area contributed by atoms with Crippen molar-refractivity contribution in [3.8, 4) is 0 Å². The maximum atomic E-state index is 12.0. The van der Waals surface area contributed by atoms with Crippen molar-refractivity contribution in [3.05, 3.63) is 59.5 Å². The molecule has 1 aliphatic carbocycles. The number of fused-ring (bicyclic) bond motifs is 1. The highest BCUT2D eigenvalue weighted by Gasteiger charge is 2.22. The Morgan fingerprint density at radius 1 is 1.23 bits per heavy atom. The number of furan rings is 1. The van der Waals surface area contributed by atoms with Gasteiger partial charge in [-0.25, -0.2) is 4.79 Å². The first kappa shape index (κ1) is 14.4. The molecule has 1 aromatic heterocycles. The lowest BCUT2D eigenvalue weighted by Crippen LogP contribution is -2.34. The van der Waals surface area contributed by atoms with Crippen molar-refractivity contribution in [2.45, 2.75) is 25.3 Å². The van der Waals surface area contributed by atoms with E-state index in [9.17, 15) is 9.59 Å². The molecule has 3 rings (SSSR count). The zero-order valence-corrected chi connectivity index (χ0v) is 12.1. The van der Waals surface area contributed by atoms with Gasteiger partial charge in [0.15, 0.2) is 6.61 Å². The molecule has 5 heteroatoms. The minimum atomic E-state index is -0.635. The van der Waals surface area contributed by atoms with Gasteiger partial charge in [0.25, 0.3) is 5.91 Å². The third-order valence-electron chi connectivity index (χ3n) is 3.76. The highest BCUT2D eigenvalue weighted by Crippen LogP contribution is 2.29. The quantitative estimate of drug-likeness (QED) is 0.881. The SMILES string of the molecule is O=C(COC(=O)c1ccco1)N[C@H]1CCCc2ccccc21. The zero-order chi connectivity index (χ0) is 15.4. The van der Waals surface area contributed by atoms with E-state index in [4.69, 9.17) is 9.15 Å². The predicted octanol–water partition coefficient (Wildman–Crippen LogP) is 2.63. The summed E-state index contributed by atoms with van der Waals surface area (Å²) >= 11 is 0. The molecule has 0 bridgehead atoms. The number of carbonyl (C=O) groups excluding carboxylic acids is 2. The van der Waals surface area contributed by atoms with Crippen LogP contribution in [0.4, 0.5) is 0 Å². The molecule has 0 saturated heterocycles. The lowest BCUT2D eigenvalue weighted by Gasteiger charge is -2.26. The van der Waals surface area contributed by atoms with Crippen LogP contribution in [0.1, 0.15) is 40.6 Å². The number of ether oxygens (including phenoxy) is 1. The van der Waals surface area contributed by atoms with E-state index in [0.29, 0.717) is 0 Å². The molecule has 1 atom stereocenters. The van der Waals surface area contributed by atoms with E-state index in [1.54, 1.807) is 6.07 Å². The van der Waals surface area contributed by atoms with Gasteiger partial charge >= 0.3 is 5.97 Å². The van der Waals surface area contributed by atoms with Crippen LogP contribution in [0, 0.1) is 0 Å². The minimum absolute atomic E-state index is 0.0141. The molecule has 0 aliphatic heterocycles. The number of aryl methyl sites for hydroxylation is 1. The van der Waals surface area contributed by atoms with Crippen molar-refractivity contribution in [2.75, 3.05) is 6.61 Å². The highest BCUT2D eigenvalue weighted by molar-refractivity contribution is 5.88. The summed E-state index contributed by atoms with van der Waals surface area (Å²) in [6, 6.07) is 11.2. The summed E-state index contributed by atoms with van der Waals surface area (Å²) in [5.41, 5.74) is 2.42. The van der Waals surface area contributed by atoms with Crippen LogP contribution in [0.3, 0.4) is 0 Å². The molecule has 0 spiro atoms. The van der Waals surface area contributed by atoms with E-state index in [0.717, 1.165) is 24.8 Å². The topological polar surface area (TPSA) is 68.5 Å². The summed E-state index contributed by atoms with van der Waals surface area (Å²) in [4.78, 5) is 23.6. The monoisotopic (exact) mass is 299 g/mol. The summed E-state index contributed by atoms with van der Waals surface area (Å²) in [5.74, 6) is -0.846. The molecule has 5 nitrogen and oxygen atoms in total. The number of amides is 1. The fraction of sp³-hybridized carbons (Fsp3) is 0.294. The summed E-state index contributed by atoms with van der Waals surface area (Å²) in [7, 11) is 0. The van der Waals surface area contributed by atoms with Crippen LogP contribution in [0.25, 0.3) is 0 Å². The maximum Gasteiger partial charge on any atom is 0.374 e. The number of hydrogen-bond donors (Lipinski definition) is 1. The summed E-state index contributed by atoms with van der Waals surface area (Å²) in [6.07, 6.45) is 4.36. The Labute approximate surface area is 128 Å². The molecule has 1 aromatic carbocycles. The van der Waals surface area contributed by atoms with Gasteiger partial charge in [0.05, 0.1) is 12.3 Å². The van der Waals surface area contributed by atoms with Crippen LogP contribution >= 0.6 is 0 Å². The second-order valence-corrected chi connectivity index (χ2v) is 5.26. The Morgan fingerprint density at radius 3 is 2.91 bits per heavy atom. The van der Waals surface area contributed by atoms with E-state index >= 15 is 0 Å². The van der Waals surface area contributed by atoms with Crippen molar-refractivity contribution >= 4 is 11.9 Å². The number of rotatable bonds is 4. The van der Waals surface area contributed by atoms with Gasteiger partial charge in [0.2, 0.25) is 5.76 Å². The molecule has 22 heavy (non-hydrogen) atoms. The van der Waals surface area contributed by atoms with Crippen molar-refractivity contribution < 1.29 is 18.7 Å². The average molecular weight is 299 g/mol. The van der Waals surface area contributed by atoms with Crippen LogP contribution < -0.4 is 5.32 Å². The molecule has 0 fully saturated rings. The highest BCUT2D eigenvalue weighted by atomic mass is 16.5. The predicted molar refractivity (Wildman–Crippen MR) is 79.3 cm³/mol. The first-order valence-corrected chi connectivity index (χ1v) is 7.32. The van der Waals surface area contributed by atoms with Gasteiger partial charge in [-0.1, -0.05) is 24.3 Å². The zero-order valence-electron chi connectivity index (χ0n) is 12.1. The van der Waals surface area contributed by atoms with E-state index in [-0.39, 0.29) is 24.3 Å². The van der Waals surface area contributed by atoms with Crippen LogP contribution in [-0.2, 0) is 16.0 Å². The number of hydrogen-bond acceptors (Lipinski definition) is 4. The van der Waals surface area contributed by atoms with Gasteiger partial charge in [0, 0.05) is 0 Å². The summed E-state index contributed by atoms with van der Waals surface area (Å²) < 4.78 is 9.85. The van der Waals surface area contributed by atoms with Crippen molar-refractivity contribution in [1.82, 2.24) is 5.32 Å². The van der Waals surface area contributed by atoms with Gasteiger partial charge in [-0.15, -0.1) is 0 Å². The van der Waals surface area contributed by atoms with Gasteiger partial charge in [-0.05, 0) is 42.5 Å². The number of benzene rings is 1. The van der Waals surface area contributed by atoms with E-state index in [2.05, 4.69) is 11.4 Å². The van der Waals surface area contributed by atoms with Crippen molar-refractivity contribution in [1.29, 1.82) is 0 Å².